The summed E-state index contributed by atoms with van der Waals surface area (Å²) in [7, 11) is -2.97. The maximum absolute atomic E-state index is 12.3. The van der Waals surface area contributed by atoms with Crippen LogP contribution in [0.15, 0.2) is 0 Å². The third kappa shape index (κ3) is 3.94. The van der Waals surface area contributed by atoms with E-state index in [0.29, 0.717) is 5.75 Å². The number of hydrogen-bond acceptors (Lipinski definition) is 3. The lowest BCUT2D eigenvalue weighted by atomic mass is 9.83. The van der Waals surface area contributed by atoms with Crippen LogP contribution in [0.5, 0.6) is 0 Å². The Morgan fingerprint density at radius 3 is 2.21 bits per heavy atom. The third-order valence-electron chi connectivity index (χ3n) is 4.84. The van der Waals surface area contributed by atoms with Crippen molar-refractivity contribution in [3.05, 3.63) is 0 Å². The van der Waals surface area contributed by atoms with E-state index in [-0.39, 0.29) is 5.41 Å². The van der Waals surface area contributed by atoms with E-state index in [0.717, 1.165) is 19.0 Å². The molecule has 0 aromatic rings. The molecule has 0 aromatic carbocycles. The minimum atomic E-state index is -2.97. The lowest BCUT2D eigenvalue weighted by Crippen LogP contribution is -2.37. The molecule has 0 bridgehead atoms. The van der Waals surface area contributed by atoms with Crippen molar-refractivity contribution in [2.24, 2.45) is 5.41 Å². The second-order valence-electron chi connectivity index (χ2n) is 7.54. The Labute approximate surface area is 118 Å². The molecule has 0 radical (unpaired) electrons. The van der Waals surface area contributed by atoms with Crippen LogP contribution in [-0.4, -0.2) is 31.5 Å². The van der Waals surface area contributed by atoms with E-state index >= 15 is 0 Å². The maximum atomic E-state index is 12.3. The molecule has 2 fully saturated rings. The number of hydrogen-bond donors (Lipinski definition) is 1. The second kappa shape index (κ2) is 5.36. The molecule has 0 spiro atoms. The summed E-state index contributed by atoms with van der Waals surface area (Å²) in [6, 6.07) is 0.719. The summed E-state index contributed by atoms with van der Waals surface area (Å²) in [5.74, 6) is 0.350. The third-order valence-corrected chi connectivity index (χ3v) is 7.45. The Kier molecular flexibility index (Phi) is 4.32. The van der Waals surface area contributed by atoms with Crippen LogP contribution in [0.3, 0.4) is 0 Å². The first-order valence-corrected chi connectivity index (χ1v) is 9.35. The minimum Gasteiger partial charge on any atom is -0.313 e. The molecule has 0 atom stereocenters. The number of rotatable bonds is 6. The van der Waals surface area contributed by atoms with Gasteiger partial charge in [0, 0.05) is 12.6 Å². The van der Waals surface area contributed by atoms with Crippen molar-refractivity contribution >= 4 is 9.84 Å². The van der Waals surface area contributed by atoms with Gasteiger partial charge in [-0.25, -0.2) is 8.42 Å². The Bertz CT molecular complexity index is 398. The average molecular weight is 287 g/mol. The van der Waals surface area contributed by atoms with Crippen LogP contribution in [0.1, 0.15) is 65.7 Å². The van der Waals surface area contributed by atoms with Gasteiger partial charge in [0.05, 0.1) is 10.5 Å². The van der Waals surface area contributed by atoms with E-state index in [1.165, 1.54) is 38.5 Å². The van der Waals surface area contributed by atoms with Gasteiger partial charge in [-0.05, 0) is 58.3 Å². The van der Waals surface area contributed by atoms with E-state index in [1.807, 2.05) is 20.8 Å². The summed E-state index contributed by atoms with van der Waals surface area (Å²) in [5.41, 5.74) is 0.251. The molecule has 2 aliphatic rings. The lowest BCUT2D eigenvalue weighted by Gasteiger charge is -2.31. The van der Waals surface area contributed by atoms with Crippen LogP contribution in [-0.2, 0) is 9.84 Å². The smallest absolute Gasteiger partial charge is 0.155 e. The highest BCUT2D eigenvalue weighted by atomic mass is 32.2. The van der Waals surface area contributed by atoms with Gasteiger partial charge in [-0.15, -0.1) is 0 Å². The Morgan fingerprint density at radius 1 is 1.16 bits per heavy atom. The first-order chi connectivity index (χ1) is 8.74. The molecule has 2 saturated carbocycles. The van der Waals surface area contributed by atoms with Crippen molar-refractivity contribution in [3.8, 4) is 0 Å². The Balaban J connectivity index is 1.93. The van der Waals surface area contributed by atoms with E-state index in [2.05, 4.69) is 5.32 Å². The molecule has 19 heavy (non-hydrogen) atoms. The van der Waals surface area contributed by atoms with Gasteiger partial charge in [-0.3, -0.25) is 0 Å². The van der Waals surface area contributed by atoms with Crippen LogP contribution in [0.25, 0.3) is 0 Å². The van der Waals surface area contributed by atoms with Gasteiger partial charge < -0.3 is 5.32 Å². The first kappa shape index (κ1) is 15.3. The highest BCUT2D eigenvalue weighted by Crippen LogP contribution is 2.42. The number of nitrogens with one attached hydrogen (secondary N) is 1. The van der Waals surface area contributed by atoms with Gasteiger partial charge in [0.25, 0.3) is 0 Å². The molecule has 4 heteroatoms. The molecule has 2 rings (SSSR count). The van der Waals surface area contributed by atoms with Crippen molar-refractivity contribution in [2.45, 2.75) is 76.5 Å². The van der Waals surface area contributed by atoms with Crippen LogP contribution in [0, 0.1) is 5.41 Å². The largest absolute Gasteiger partial charge is 0.313 e. The van der Waals surface area contributed by atoms with Crippen LogP contribution < -0.4 is 5.32 Å². The Hall–Kier alpha value is -0.0900. The van der Waals surface area contributed by atoms with Crippen molar-refractivity contribution < 1.29 is 8.42 Å². The first-order valence-electron chi connectivity index (χ1n) is 7.70. The lowest BCUT2D eigenvalue weighted by molar-refractivity contribution is 0.268. The molecule has 1 N–H and O–H groups in total. The molecule has 0 aromatic heterocycles. The topological polar surface area (TPSA) is 46.2 Å². The normalized spacial score (nSPS) is 23.7. The van der Waals surface area contributed by atoms with Crippen molar-refractivity contribution in [1.29, 1.82) is 0 Å². The average Bonchev–Trinajstić information content (AvgIpc) is 3.02. The van der Waals surface area contributed by atoms with Gasteiger partial charge in [-0.2, -0.15) is 0 Å². The monoisotopic (exact) mass is 287 g/mol. The molecule has 0 unspecified atom stereocenters. The van der Waals surface area contributed by atoms with E-state index in [9.17, 15) is 8.42 Å². The molecular formula is C15H29NO2S. The highest BCUT2D eigenvalue weighted by molar-refractivity contribution is 7.92. The molecular weight excluding hydrogens is 258 g/mol. The Morgan fingerprint density at radius 2 is 1.74 bits per heavy atom. The summed E-state index contributed by atoms with van der Waals surface area (Å²) in [5, 5.41) is 3.62. The molecule has 0 heterocycles. The maximum Gasteiger partial charge on any atom is 0.155 e. The highest BCUT2D eigenvalue weighted by Gasteiger charge is 2.38. The zero-order valence-corrected chi connectivity index (χ0v) is 13.5. The van der Waals surface area contributed by atoms with E-state index in [1.54, 1.807) is 0 Å². The minimum absolute atomic E-state index is 0.251. The van der Waals surface area contributed by atoms with Crippen molar-refractivity contribution in [1.82, 2.24) is 5.32 Å². The summed E-state index contributed by atoms with van der Waals surface area (Å²) in [6.07, 6.45) is 8.38. The standard InChI is InChI=1S/C15H29NO2S/c1-14(2,3)19(17,18)11-10-15(8-4-5-9-15)12-16-13-6-7-13/h13,16H,4-12H2,1-3H3. The van der Waals surface area contributed by atoms with Gasteiger partial charge in [0.2, 0.25) is 0 Å². The fourth-order valence-electron chi connectivity index (χ4n) is 2.95. The predicted molar refractivity (Wildman–Crippen MR) is 80.1 cm³/mol. The number of sulfone groups is 1. The van der Waals surface area contributed by atoms with Crippen molar-refractivity contribution in [3.63, 3.8) is 0 Å². The van der Waals surface area contributed by atoms with E-state index in [4.69, 9.17) is 0 Å². The summed E-state index contributed by atoms with van der Waals surface area (Å²) < 4.78 is 23.9. The predicted octanol–water partition coefficient (Wildman–Crippen LogP) is 2.90. The molecule has 0 aliphatic heterocycles. The molecule has 0 saturated heterocycles. The zero-order chi connectivity index (χ0) is 14.1. The summed E-state index contributed by atoms with van der Waals surface area (Å²) >= 11 is 0. The molecule has 0 amide bonds. The van der Waals surface area contributed by atoms with Crippen molar-refractivity contribution in [2.75, 3.05) is 12.3 Å². The van der Waals surface area contributed by atoms with Gasteiger partial charge in [0.1, 0.15) is 0 Å². The fraction of sp³-hybridized carbons (Fsp3) is 1.00. The summed E-state index contributed by atoms with van der Waals surface area (Å²) in [4.78, 5) is 0. The molecule has 2 aliphatic carbocycles. The zero-order valence-electron chi connectivity index (χ0n) is 12.7. The summed E-state index contributed by atoms with van der Waals surface area (Å²) in [6.45, 7) is 6.46. The quantitative estimate of drug-likeness (QED) is 0.817. The molecule has 3 nitrogen and oxygen atoms in total. The fourth-order valence-corrected chi connectivity index (χ4v) is 4.26. The van der Waals surface area contributed by atoms with Crippen LogP contribution in [0.4, 0.5) is 0 Å². The van der Waals surface area contributed by atoms with Crippen LogP contribution in [0.2, 0.25) is 0 Å². The second-order valence-corrected chi connectivity index (χ2v) is 10.4. The van der Waals surface area contributed by atoms with Gasteiger partial charge in [-0.1, -0.05) is 12.8 Å². The molecule has 112 valence electrons. The van der Waals surface area contributed by atoms with Gasteiger partial charge >= 0.3 is 0 Å². The van der Waals surface area contributed by atoms with Gasteiger partial charge in [0.15, 0.2) is 9.84 Å². The van der Waals surface area contributed by atoms with E-state index < -0.39 is 14.6 Å². The van der Waals surface area contributed by atoms with Crippen LogP contribution >= 0.6 is 0 Å². The SMILES string of the molecule is CC(C)(C)S(=O)(=O)CCC1(CNC2CC2)CCCC1.